The van der Waals surface area contributed by atoms with Crippen LogP contribution >= 0.6 is 0 Å². The zero-order chi connectivity index (χ0) is 15.1. The molecule has 0 spiro atoms. The van der Waals surface area contributed by atoms with Crippen LogP contribution in [0.1, 0.15) is 22.3 Å². The van der Waals surface area contributed by atoms with Crippen molar-refractivity contribution in [2.45, 2.75) is 20.0 Å². The van der Waals surface area contributed by atoms with E-state index in [-0.39, 0.29) is 6.61 Å². The highest BCUT2D eigenvalue weighted by Crippen LogP contribution is 2.11. The van der Waals surface area contributed by atoms with Gasteiger partial charge in [0, 0.05) is 18.7 Å². The maximum absolute atomic E-state index is 8.75. The Balaban J connectivity index is 2.00. The lowest BCUT2D eigenvalue weighted by molar-refractivity contribution is 0.319. The minimum Gasteiger partial charge on any atom is -0.384 e. The SMILES string of the molecule is Cc1cccc(CN(C)Cc2cccc(C#CCO)c2)c1. The van der Waals surface area contributed by atoms with Gasteiger partial charge in [-0.1, -0.05) is 53.8 Å². The molecule has 2 heteroatoms. The van der Waals surface area contributed by atoms with Crippen LogP contribution in [-0.4, -0.2) is 23.7 Å². The summed E-state index contributed by atoms with van der Waals surface area (Å²) in [7, 11) is 2.12. The van der Waals surface area contributed by atoms with Gasteiger partial charge in [0.05, 0.1) is 0 Å². The second-order valence-corrected chi connectivity index (χ2v) is 5.32. The minimum absolute atomic E-state index is 0.0997. The molecule has 0 bridgehead atoms. The number of benzene rings is 2. The van der Waals surface area contributed by atoms with E-state index < -0.39 is 0 Å². The first-order valence-corrected chi connectivity index (χ1v) is 7.10. The lowest BCUT2D eigenvalue weighted by atomic mass is 10.1. The summed E-state index contributed by atoms with van der Waals surface area (Å²) in [5, 5.41) is 8.75. The molecule has 21 heavy (non-hydrogen) atoms. The predicted octanol–water partition coefficient (Wildman–Crippen LogP) is 2.97. The highest BCUT2D eigenvalue weighted by Gasteiger charge is 2.02. The topological polar surface area (TPSA) is 23.5 Å². The van der Waals surface area contributed by atoms with Crippen molar-refractivity contribution in [2.75, 3.05) is 13.7 Å². The fourth-order valence-corrected chi connectivity index (χ4v) is 2.38. The standard InChI is InChI=1S/C19H21NO/c1-16-6-3-8-18(12-16)14-20(2)15-19-9-4-7-17(13-19)10-5-11-21/h3-4,6-9,12-13,21H,11,14-15H2,1-2H3. The van der Waals surface area contributed by atoms with Gasteiger partial charge in [0.25, 0.3) is 0 Å². The van der Waals surface area contributed by atoms with E-state index in [0.717, 1.165) is 18.7 Å². The summed E-state index contributed by atoms with van der Waals surface area (Å²) in [5.41, 5.74) is 4.80. The van der Waals surface area contributed by atoms with Crippen LogP contribution in [0.4, 0.5) is 0 Å². The second kappa shape index (κ2) is 7.64. The number of hydrogen-bond donors (Lipinski definition) is 1. The summed E-state index contributed by atoms with van der Waals surface area (Å²) < 4.78 is 0. The molecule has 0 aromatic heterocycles. The molecule has 0 unspecified atom stereocenters. The molecule has 2 nitrogen and oxygen atoms in total. The van der Waals surface area contributed by atoms with Crippen molar-refractivity contribution < 1.29 is 5.11 Å². The largest absolute Gasteiger partial charge is 0.384 e. The fraction of sp³-hybridized carbons (Fsp3) is 0.263. The third-order valence-electron chi connectivity index (χ3n) is 3.23. The van der Waals surface area contributed by atoms with Gasteiger partial charge in [0.2, 0.25) is 0 Å². The molecule has 0 radical (unpaired) electrons. The molecule has 0 heterocycles. The zero-order valence-electron chi connectivity index (χ0n) is 12.6. The monoisotopic (exact) mass is 279 g/mol. The Kier molecular flexibility index (Phi) is 5.57. The van der Waals surface area contributed by atoms with Crippen LogP contribution < -0.4 is 0 Å². The molecule has 2 rings (SSSR count). The van der Waals surface area contributed by atoms with E-state index in [1.165, 1.54) is 16.7 Å². The smallest absolute Gasteiger partial charge is 0.104 e. The van der Waals surface area contributed by atoms with E-state index in [9.17, 15) is 0 Å². The normalized spacial score (nSPS) is 10.3. The first-order valence-electron chi connectivity index (χ1n) is 7.10. The lowest BCUT2D eigenvalue weighted by Crippen LogP contribution is -2.17. The molecule has 0 saturated carbocycles. The minimum atomic E-state index is -0.0997. The Morgan fingerprint density at radius 2 is 1.67 bits per heavy atom. The number of aryl methyl sites for hydroxylation is 1. The second-order valence-electron chi connectivity index (χ2n) is 5.32. The summed E-state index contributed by atoms with van der Waals surface area (Å²) >= 11 is 0. The summed E-state index contributed by atoms with van der Waals surface area (Å²) in [6.07, 6.45) is 0. The van der Waals surface area contributed by atoms with Gasteiger partial charge in [0.15, 0.2) is 0 Å². The molecule has 2 aromatic rings. The predicted molar refractivity (Wildman–Crippen MR) is 86.8 cm³/mol. The van der Waals surface area contributed by atoms with E-state index in [0.29, 0.717) is 0 Å². The average molecular weight is 279 g/mol. The van der Waals surface area contributed by atoms with Crippen LogP contribution in [0.25, 0.3) is 0 Å². The van der Waals surface area contributed by atoms with Crippen molar-refractivity contribution in [3.8, 4) is 11.8 Å². The third-order valence-corrected chi connectivity index (χ3v) is 3.23. The number of nitrogens with zero attached hydrogens (tertiary/aromatic N) is 1. The molecule has 0 saturated heterocycles. The van der Waals surface area contributed by atoms with E-state index >= 15 is 0 Å². The van der Waals surface area contributed by atoms with Gasteiger partial charge in [0.1, 0.15) is 6.61 Å². The Morgan fingerprint density at radius 3 is 2.33 bits per heavy atom. The van der Waals surface area contributed by atoms with Gasteiger partial charge in [-0.3, -0.25) is 4.90 Å². The van der Waals surface area contributed by atoms with E-state index in [1.54, 1.807) is 0 Å². The maximum Gasteiger partial charge on any atom is 0.104 e. The first-order chi connectivity index (χ1) is 10.2. The highest BCUT2D eigenvalue weighted by molar-refractivity contribution is 5.37. The Hall–Kier alpha value is -2.08. The molecule has 0 fully saturated rings. The van der Waals surface area contributed by atoms with E-state index in [2.05, 4.69) is 67.1 Å². The molecule has 0 aliphatic carbocycles. The molecule has 108 valence electrons. The summed E-state index contributed by atoms with van der Waals surface area (Å²) in [6.45, 7) is 3.82. The zero-order valence-corrected chi connectivity index (χ0v) is 12.6. The van der Waals surface area contributed by atoms with Crippen molar-refractivity contribution in [3.05, 3.63) is 70.8 Å². The molecule has 2 aromatic carbocycles. The Morgan fingerprint density at radius 1 is 1.00 bits per heavy atom. The number of rotatable bonds is 4. The highest BCUT2D eigenvalue weighted by atomic mass is 16.2. The van der Waals surface area contributed by atoms with Gasteiger partial charge in [-0.2, -0.15) is 0 Å². The van der Waals surface area contributed by atoms with Crippen LogP contribution in [0.3, 0.4) is 0 Å². The molecule has 0 aliphatic rings. The van der Waals surface area contributed by atoms with Gasteiger partial charge in [-0.05, 0) is 37.2 Å². The molecule has 0 aliphatic heterocycles. The summed E-state index contributed by atoms with van der Waals surface area (Å²) in [5.74, 6) is 5.63. The van der Waals surface area contributed by atoms with Crippen molar-refractivity contribution in [1.29, 1.82) is 0 Å². The van der Waals surface area contributed by atoms with Crippen molar-refractivity contribution in [1.82, 2.24) is 4.90 Å². The van der Waals surface area contributed by atoms with Crippen LogP contribution in [0, 0.1) is 18.8 Å². The summed E-state index contributed by atoms with van der Waals surface area (Å²) in [6, 6.07) is 16.8. The van der Waals surface area contributed by atoms with Crippen LogP contribution in [0.15, 0.2) is 48.5 Å². The first kappa shape index (κ1) is 15.3. The van der Waals surface area contributed by atoms with E-state index in [1.807, 2.05) is 12.1 Å². The molecular weight excluding hydrogens is 258 g/mol. The van der Waals surface area contributed by atoms with Gasteiger partial charge in [-0.25, -0.2) is 0 Å². The average Bonchev–Trinajstić information content (AvgIpc) is 2.45. The lowest BCUT2D eigenvalue weighted by Gasteiger charge is -2.17. The molecule has 0 amide bonds. The Bertz CT molecular complexity index is 652. The van der Waals surface area contributed by atoms with Crippen molar-refractivity contribution in [3.63, 3.8) is 0 Å². The van der Waals surface area contributed by atoms with Crippen molar-refractivity contribution >= 4 is 0 Å². The molecule has 1 N–H and O–H groups in total. The molecular formula is C19H21NO. The number of aliphatic hydroxyl groups is 1. The third kappa shape index (κ3) is 5.07. The maximum atomic E-state index is 8.75. The van der Waals surface area contributed by atoms with Crippen molar-refractivity contribution in [2.24, 2.45) is 0 Å². The number of aliphatic hydroxyl groups excluding tert-OH is 1. The van der Waals surface area contributed by atoms with Crippen LogP contribution in [-0.2, 0) is 13.1 Å². The molecule has 0 atom stereocenters. The van der Waals surface area contributed by atoms with Gasteiger partial charge >= 0.3 is 0 Å². The quantitative estimate of drug-likeness (QED) is 0.870. The Labute approximate surface area is 127 Å². The van der Waals surface area contributed by atoms with Crippen LogP contribution in [0.2, 0.25) is 0 Å². The number of hydrogen-bond acceptors (Lipinski definition) is 2. The van der Waals surface area contributed by atoms with Gasteiger partial charge < -0.3 is 5.11 Å². The van der Waals surface area contributed by atoms with E-state index in [4.69, 9.17) is 5.11 Å². The van der Waals surface area contributed by atoms with Gasteiger partial charge in [-0.15, -0.1) is 0 Å². The summed E-state index contributed by atoms with van der Waals surface area (Å²) in [4.78, 5) is 2.29. The van der Waals surface area contributed by atoms with Crippen LogP contribution in [0.5, 0.6) is 0 Å². The fourth-order valence-electron chi connectivity index (χ4n) is 2.38.